The van der Waals surface area contributed by atoms with Gasteiger partial charge in [0, 0.05) is 17.5 Å². The molecule has 1 saturated carbocycles. The minimum atomic E-state index is -0.981. The molecule has 41 heavy (non-hydrogen) atoms. The van der Waals surface area contributed by atoms with Crippen molar-refractivity contribution in [2.45, 2.75) is 11.8 Å². The molecule has 1 aliphatic carbocycles. The summed E-state index contributed by atoms with van der Waals surface area (Å²) in [4.78, 5) is 26.8. The molecule has 1 aliphatic heterocycles. The summed E-state index contributed by atoms with van der Waals surface area (Å²) in [6.45, 7) is 0.189. The van der Waals surface area contributed by atoms with Gasteiger partial charge in [-0.05, 0) is 58.7 Å². The van der Waals surface area contributed by atoms with Crippen molar-refractivity contribution in [3.63, 3.8) is 0 Å². The summed E-state index contributed by atoms with van der Waals surface area (Å²) in [7, 11) is 3.09. The molecule has 8 heteroatoms. The van der Waals surface area contributed by atoms with E-state index in [0.717, 1.165) is 11.1 Å². The molecule has 0 unspecified atom stereocenters. The molecule has 208 valence electrons. The molecule has 8 nitrogen and oxygen atoms in total. The van der Waals surface area contributed by atoms with Gasteiger partial charge in [0.2, 0.25) is 12.7 Å². The van der Waals surface area contributed by atoms with Crippen molar-refractivity contribution in [3.05, 3.63) is 102 Å². The van der Waals surface area contributed by atoms with Gasteiger partial charge in [-0.2, -0.15) is 0 Å². The number of methoxy groups -OCH3 is 2. The number of carbonyl (C=O) groups excluding carboxylic acids is 1. The number of carboxylic acid groups (broad SMARTS) is 1. The summed E-state index contributed by atoms with van der Waals surface area (Å²) in [6, 6.07) is 27.8. The van der Waals surface area contributed by atoms with Crippen molar-refractivity contribution in [2.75, 3.05) is 26.3 Å². The van der Waals surface area contributed by atoms with Gasteiger partial charge in [0.1, 0.15) is 11.5 Å². The molecule has 2 aliphatic rings. The fourth-order valence-electron chi connectivity index (χ4n) is 6.12. The molecule has 1 amide bonds. The highest BCUT2D eigenvalue weighted by Gasteiger charge is 2.59. The summed E-state index contributed by atoms with van der Waals surface area (Å²) in [5, 5.41) is 13.5. The molecule has 4 aromatic carbocycles. The number of fused-ring (bicyclic) bond motifs is 1. The van der Waals surface area contributed by atoms with E-state index in [2.05, 4.69) is 5.32 Å². The van der Waals surface area contributed by atoms with Crippen LogP contribution in [0.2, 0.25) is 0 Å². The largest absolute Gasteiger partial charge is 0.496 e. The molecule has 1 fully saturated rings. The molecule has 0 bridgehead atoms. The number of hydrogen-bond donors (Lipinski definition) is 2. The number of nitrogens with one attached hydrogen (secondary N) is 1. The Hall–Kier alpha value is -4.98. The first-order valence-corrected chi connectivity index (χ1v) is 13.3. The zero-order chi connectivity index (χ0) is 28.5. The van der Waals surface area contributed by atoms with Crippen LogP contribution in [0.1, 0.15) is 23.0 Å². The van der Waals surface area contributed by atoms with Crippen LogP contribution < -0.4 is 24.3 Å². The molecule has 0 aromatic heterocycles. The maximum Gasteiger partial charge on any atom is 0.307 e. The lowest BCUT2D eigenvalue weighted by atomic mass is 9.52. The number of rotatable bonds is 8. The summed E-state index contributed by atoms with van der Waals surface area (Å²) in [5.41, 5.74) is 3.77. The number of benzene rings is 4. The first-order valence-electron chi connectivity index (χ1n) is 13.3. The van der Waals surface area contributed by atoms with Crippen LogP contribution >= 0.6 is 0 Å². The smallest absolute Gasteiger partial charge is 0.307 e. The summed E-state index contributed by atoms with van der Waals surface area (Å²) in [6.07, 6.45) is 0. The van der Waals surface area contributed by atoms with E-state index in [1.54, 1.807) is 26.4 Å². The summed E-state index contributed by atoms with van der Waals surface area (Å²) in [5.74, 6) is -1.59. The number of aliphatic carboxylic acids is 1. The third-order valence-electron chi connectivity index (χ3n) is 7.97. The predicted octanol–water partition coefficient (Wildman–Crippen LogP) is 5.94. The monoisotopic (exact) mass is 551 g/mol. The van der Waals surface area contributed by atoms with Crippen molar-refractivity contribution < 1.29 is 33.6 Å². The first kappa shape index (κ1) is 26.3. The molecule has 2 atom stereocenters. The zero-order valence-electron chi connectivity index (χ0n) is 22.6. The van der Waals surface area contributed by atoms with Crippen LogP contribution in [0, 0.1) is 11.8 Å². The molecule has 4 aromatic rings. The van der Waals surface area contributed by atoms with Crippen LogP contribution in [0.25, 0.3) is 11.1 Å². The van der Waals surface area contributed by atoms with Crippen LogP contribution in [0.3, 0.4) is 0 Å². The first-order chi connectivity index (χ1) is 20.0. The Morgan fingerprint density at radius 3 is 1.98 bits per heavy atom. The molecule has 0 saturated heterocycles. The van der Waals surface area contributed by atoms with Crippen molar-refractivity contribution in [1.82, 2.24) is 0 Å². The van der Waals surface area contributed by atoms with Gasteiger partial charge in [0.15, 0.2) is 11.5 Å². The second-order valence-corrected chi connectivity index (χ2v) is 10.1. The van der Waals surface area contributed by atoms with Gasteiger partial charge in [-0.25, -0.2) is 0 Å². The van der Waals surface area contributed by atoms with Crippen molar-refractivity contribution >= 4 is 17.6 Å². The number of carbonyl (C=O) groups is 2. The second kappa shape index (κ2) is 10.9. The highest BCUT2D eigenvalue weighted by Crippen LogP contribution is 2.60. The fourth-order valence-corrected chi connectivity index (χ4v) is 6.12. The normalized spacial score (nSPS) is 20.5. The number of ether oxygens (including phenoxy) is 4. The topological polar surface area (TPSA) is 103 Å². The Balaban J connectivity index is 1.37. The average molecular weight is 552 g/mol. The minimum absolute atomic E-state index is 0.189. The number of amides is 1. The second-order valence-electron chi connectivity index (χ2n) is 10.1. The maximum absolute atomic E-state index is 14.1. The standard InChI is InChI=1S/C33H29NO7/c1-38-24-12-5-3-10-22(24)28-30(29(31(28)33(36)37)23-11-4-6-13-25(23)39-2)32(35)34-21-9-7-8-19(16-21)20-14-15-26-27(17-20)41-18-40-26/h3-17,28-31H,18H2,1-2H3,(H,34,35)(H,36,37)/t28-,29-,30?,31?/m1/s1. The molecule has 6 rings (SSSR count). The predicted molar refractivity (Wildman–Crippen MR) is 153 cm³/mol. The van der Waals surface area contributed by atoms with Crippen molar-refractivity contribution in [1.29, 1.82) is 0 Å². The van der Waals surface area contributed by atoms with E-state index < -0.39 is 29.6 Å². The van der Waals surface area contributed by atoms with E-state index in [9.17, 15) is 14.7 Å². The van der Waals surface area contributed by atoms with E-state index >= 15 is 0 Å². The molecule has 1 heterocycles. The number of carboxylic acids is 1. The maximum atomic E-state index is 14.1. The molecular weight excluding hydrogens is 522 g/mol. The van der Waals surface area contributed by atoms with Gasteiger partial charge in [0.05, 0.1) is 26.1 Å². The van der Waals surface area contributed by atoms with E-state index in [-0.39, 0.29) is 12.7 Å². The van der Waals surface area contributed by atoms with E-state index in [1.165, 1.54) is 0 Å². The van der Waals surface area contributed by atoms with Gasteiger partial charge >= 0.3 is 5.97 Å². The third-order valence-corrected chi connectivity index (χ3v) is 7.97. The number of para-hydroxylation sites is 2. The van der Waals surface area contributed by atoms with Gasteiger partial charge in [-0.3, -0.25) is 9.59 Å². The van der Waals surface area contributed by atoms with E-state index in [1.807, 2.05) is 78.9 Å². The Labute approximate surface area is 237 Å². The molecule has 0 spiro atoms. The van der Waals surface area contributed by atoms with Crippen LogP contribution in [0.15, 0.2) is 91.0 Å². The Morgan fingerprint density at radius 1 is 0.732 bits per heavy atom. The average Bonchev–Trinajstić information content (AvgIpc) is 3.45. The minimum Gasteiger partial charge on any atom is -0.496 e. The van der Waals surface area contributed by atoms with Crippen molar-refractivity contribution in [3.8, 4) is 34.1 Å². The lowest BCUT2D eigenvalue weighted by Crippen LogP contribution is -2.52. The highest BCUT2D eigenvalue weighted by molar-refractivity contribution is 5.97. The zero-order valence-corrected chi connectivity index (χ0v) is 22.6. The van der Waals surface area contributed by atoms with Gasteiger partial charge in [-0.15, -0.1) is 0 Å². The molecule has 2 N–H and O–H groups in total. The van der Waals surface area contributed by atoms with Gasteiger partial charge in [-0.1, -0.05) is 54.6 Å². The summed E-state index contributed by atoms with van der Waals surface area (Å²) >= 11 is 0. The van der Waals surface area contributed by atoms with Gasteiger partial charge in [0.25, 0.3) is 0 Å². The van der Waals surface area contributed by atoms with E-state index in [4.69, 9.17) is 18.9 Å². The Bertz CT molecular complexity index is 1560. The number of anilines is 1. The van der Waals surface area contributed by atoms with Crippen molar-refractivity contribution in [2.24, 2.45) is 11.8 Å². The van der Waals surface area contributed by atoms with E-state index in [0.29, 0.717) is 39.8 Å². The van der Waals surface area contributed by atoms with Crippen LogP contribution in [-0.2, 0) is 9.59 Å². The number of hydrogen-bond acceptors (Lipinski definition) is 6. The lowest BCUT2D eigenvalue weighted by Gasteiger charge is -2.50. The third kappa shape index (κ3) is 4.71. The highest BCUT2D eigenvalue weighted by atomic mass is 16.7. The fraction of sp³-hybridized carbons (Fsp3) is 0.212. The Kier molecular flexibility index (Phi) is 6.97. The van der Waals surface area contributed by atoms with Crippen LogP contribution in [0.5, 0.6) is 23.0 Å². The Morgan fingerprint density at radius 2 is 1.34 bits per heavy atom. The molecule has 0 radical (unpaired) electrons. The van der Waals surface area contributed by atoms with Gasteiger partial charge < -0.3 is 29.4 Å². The lowest BCUT2D eigenvalue weighted by molar-refractivity contribution is -0.152. The quantitative estimate of drug-likeness (QED) is 0.280. The molecular formula is C33H29NO7. The van der Waals surface area contributed by atoms with Crippen LogP contribution in [0.4, 0.5) is 5.69 Å². The SMILES string of the molecule is COc1ccccc1[C@H]1C(C(=O)O)[C@H](c2ccccc2OC)C1C(=O)Nc1cccc(-c2ccc3c(c2)OCO3)c1. The van der Waals surface area contributed by atoms with Crippen LogP contribution in [-0.4, -0.2) is 38.0 Å². The summed E-state index contributed by atoms with van der Waals surface area (Å²) < 4.78 is 22.1.